The maximum atomic E-state index is 5.59. The van der Waals surface area contributed by atoms with E-state index in [0.29, 0.717) is 5.82 Å². The van der Waals surface area contributed by atoms with Gasteiger partial charge in [0.1, 0.15) is 11.6 Å². The Morgan fingerprint density at radius 2 is 2.25 bits per heavy atom. The highest BCUT2D eigenvalue weighted by Crippen LogP contribution is 2.37. The topological polar surface area (TPSA) is 63.9 Å². The Balaban J connectivity index is 2.12. The minimum Gasteiger partial charge on any atom is -0.492 e. The van der Waals surface area contributed by atoms with Gasteiger partial charge in [-0.25, -0.2) is 0 Å². The molecule has 1 aliphatic heterocycles. The van der Waals surface area contributed by atoms with Gasteiger partial charge in [0.25, 0.3) is 0 Å². The molecule has 0 amide bonds. The number of halogens is 1. The summed E-state index contributed by atoms with van der Waals surface area (Å²) in [4.78, 5) is 0. The lowest BCUT2D eigenvalue weighted by molar-refractivity contribution is 0.355. The molecule has 4 nitrogen and oxygen atoms in total. The average Bonchev–Trinajstić information content (AvgIpc) is 2.85. The van der Waals surface area contributed by atoms with Crippen molar-refractivity contribution in [3.8, 4) is 17.0 Å². The van der Waals surface area contributed by atoms with Crippen molar-refractivity contribution in [1.29, 1.82) is 0 Å². The van der Waals surface area contributed by atoms with Gasteiger partial charge in [0, 0.05) is 18.1 Å². The number of hydrogen-bond acceptors (Lipinski definition) is 3. The highest BCUT2D eigenvalue weighted by molar-refractivity contribution is 9.10. The number of nitrogens with two attached hydrogens (primary N) is 1. The Kier molecular flexibility index (Phi) is 2.14. The molecule has 1 aliphatic rings. The second-order valence-corrected chi connectivity index (χ2v) is 4.61. The van der Waals surface area contributed by atoms with E-state index in [1.165, 1.54) is 5.56 Å². The molecule has 5 heteroatoms. The van der Waals surface area contributed by atoms with Crippen LogP contribution in [0, 0.1) is 0 Å². The zero-order valence-corrected chi connectivity index (χ0v) is 10.0. The Morgan fingerprint density at radius 3 is 3.00 bits per heavy atom. The van der Waals surface area contributed by atoms with Gasteiger partial charge in [0.2, 0.25) is 0 Å². The molecule has 0 atom stereocenters. The van der Waals surface area contributed by atoms with Crippen LogP contribution in [0.3, 0.4) is 0 Å². The largest absolute Gasteiger partial charge is 0.492 e. The van der Waals surface area contributed by atoms with Crippen LogP contribution in [0.2, 0.25) is 0 Å². The van der Waals surface area contributed by atoms with Gasteiger partial charge in [0.05, 0.1) is 16.8 Å². The molecule has 0 bridgehead atoms. The van der Waals surface area contributed by atoms with Gasteiger partial charge in [-0.15, -0.1) is 0 Å². The van der Waals surface area contributed by atoms with E-state index < -0.39 is 0 Å². The third kappa shape index (κ3) is 1.48. The normalized spacial score (nSPS) is 13.6. The number of nitrogens with one attached hydrogen (secondary N) is 1. The SMILES string of the molecule is Nc1cc(-c2cc(Br)c3c(c2)CCO3)[nH]n1. The summed E-state index contributed by atoms with van der Waals surface area (Å²) in [6.45, 7) is 0.752. The molecule has 1 aromatic carbocycles. The summed E-state index contributed by atoms with van der Waals surface area (Å²) in [7, 11) is 0. The van der Waals surface area contributed by atoms with E-state index in [4.69, 9.17) is 10.5 Å². The maximum absolute atomic E-state index is 5.59. The molecule has 0 spiro atoms. The van der Waals surface area contributed by atoms with E-state index >= 15 is 0 Å². The van der Waals surface area contributed by atoms with Crippen LogP contribution in [-0.4, -0.2) is 16.8 Å². The summed E-state index contributed by atoms with van der Waals surface area (Å²) in [5, 5.41) is 6.83. The first-order valence-electron chi connectivity index (χ1n) is 5.00. The number of H-pyrrole nitrogens is 1. The van der Waals surface area contributed by atoms with Crippen molar-refractivity contribution in [1.82, 2.24) is 10.2 Å². The number of hydrogen-bond donors (Lipinski definition) is 2. The summed E-state index contributed by atoms with van der Waals surface area (Å²) in [5.41, 5.74) is 8.80. The number of nitrogens with zero attached hydrogens (tertiary/aromatic N) is 1. The van der Waals surface area contributed by atoms with E-state index in [1.807, 2.05) is 12.1 Å². The molecule has 2 aromatic rings. The third-order valence-electron chi connectivity index (χ3n) is 2.65. The van der Waals surface area contributed by atoms with E-state index in [-0.39, 0.29) is 0 Å². The van der Waals surface area contributed by atoms with Gasteiger partial charge in [-0.05, 0) is 33.6 Å². The Morgan fingerprint density at radius 1 is 1.38 bits per heavy atom. The molecule has 16 heavy (non-hydrogen) atoms. The molecule has 0 unspecified atom stereocenters. The molecular weight excluding hydrogens is 270 g/mol. The minimum absolute atomic E-state index is 0.503. The molecular formula is C11H10BrN3O. The minimum atomic E-state index is 0.503. The van der Waals surface area contributed by atoms with E-state index in [0.717, 1.165) is 34.5 Å². The van der Waals surface area contributed by atoms with Crippen LogP contribution in [0.1, 0.15) is 5.56 Å². The first-order valence-corrected chi connectivity index (χ1v) is 5.80. The van der Waals surface area contributed by atoms with Crippen molar-refractivity contribution in [2.24, 2.45) is 0 Å². The summed E-state index contributed by atoms with van der Waals surface area (Å²) < 4.78 is 6.51. The lowest BCUT2D eigenvalue weighted by atomic mass is 10.1. The number of fused-ring (bicyclic) bond motifs is 1. The van der Waals surface area contributed by atoms with Gasteiger partial charge >= 0.3 is 0 Å². The highest BCUT2D eigenvalue weighted by atomic mass is 79.9. The van der Waals surface area contributed by atoms with Crippen molar-refractivity contribution < 1.29 is 4.74 Å². The van der Waals surface area contributed by atoms with Crippen LogP contribution in [0.4, 0.5) is 5.82 Å². The molecule has 82 valence electrons. The fourth-order valence-electron chi connectivity index (χ4n) is 1.90. The lowest BCUT2D eigenvalue weighted by Gasteiger charge is -2.05. The van der Waals surface area contributed by atoms with Crippen LogP contribution in [0.15, 0.2) is 22.7 Å². The molecule has 0 radical (unpaired) electrons. The number of aromatic nitrogens is 2. The highest BCUT2D eigenvalue weighted by Gasteiger charge is 2.17. The number of anilines is 1. The van der Waals surface area contributed by atoms with E-state index in [2.05, 4.69) is 32.2 Å². The molecule has 0 fully saturated rings. The molecule has 3 N–H and O–H groups in total. The van der Waals surface area contributed by atoms with Crippen molar-refractivity contribution in [3.05, 3.63) is 28.2 Å². The van der Waals surface area contributed by atoms with Crippen molar-refractivity contribution in [2.75, 3.05) is 12.3 Å². The molecule has 1 aromatic heterocycles. The fourth-order valence-corrected chi connectivity index (χ4v) is 2.52. The number of nitrogen functional groups attached to an aromatic ring is 1. The van der Waals surface area contributed by atoms with Crippen molar-refractivity contribution in [2.45, 2.75) is 6.42 Å². The second-order valence-electron chi connectivity index (χ2n) is 3.75. The van der Waals surface area contributed by atoms with Crippen LogP contribution < -0.4 is 10.5 Å². The molecule has 2 heterocycles. The Labute approximate surface area is 101 Å². The van der Waals surface area contributed by atoms with Crippen LogP contribution in [-0.2, 0) is 6.42 Å². The smallest absolute Gasteiger partial charge is 0.145 e. The fraction of sp³-hybridized carbons (Fsp3) is 0.182. The summed E-state index contributed by atoms with van der Waals surface area (Å²) in [6.07, 6.45) is 0.950. The monoisotopic (exact) mass is 279 g/mol. The quantitative estimate of drug-likeness (QED) is 0.842. The Hall–Kier alpha value is -1.49. The second kappa shape index (κ2) is 3.52. The predicted octanol–water partition coefficient (Wildman–Crippen LogP) is 2.36. The average molecular weight is 280 g/mol. The zero-order valence-electron chi connectivity index (χ0n) is 8.46. The number of rotatable bonds is 1. The first kappa shape index (κ1) is 9.72. The van der Waals surface area contributed by atoms with Crippen molar-refractivity contribution >= 4 is 21.7 Å². The van der Waals surface area contributed by atoms with Gasteiger partial charge in [-0.2, -0.15) is 5.10 Å². The van der Waals surface area contributed by atoms with Crippen molar-refractivity contribution in [3.63, 3.8) is 0 Å². The summed E-state index contributed by atoms with van der Waals surface area (Å²) >= 11 is 3.51. The standard InChI is InChI=1S/C11H10BrN3O/c12-8-4-7(9-5-10(13)15-14-9)3-6-1-2-16-11(6)8/h3-5H,1-2H2,(H3,13,14,15). The van der Waals surface area contributed by atoms with Crippen LogP contribution in [0.25, 0.3) is 11.3 Å². The van der Waals surface area contributed by atoms with E-state index in [9.17, 15) is 0 Å². The van der Waals surface area contributed by atoms with Gasteiger partial charge in [-0.3, -0.25) is 5.10 Å². The van der Waals surface area contributed by atoms with Gasteiger partial charge in [0.15, 0.2) is 0 Å². The third-order valence-corrected chi connectivity index (χ3v) is 3.24. The Bertz CT molecular complexity index is 550. The first-order chi connectivity index (χ1) is 7.74. The number of ether oxygens (including phenoxy) is 1. The maximum Gasteiger partial charge on any atom is 0.145 e. The molecule has 0 saturated heterocycles. The van der Waals surface area contributed by atoms with Gasteiger partial charge in [-0.1, -0.05) is 0 Å². The molecule has 0 saturated carbocycles. The summed E-state index contributed by atoms with van der Waals surface area (Å²) in [5.74, 6) is 1.46. The lowest BCUT2D eigenvalue weighted by Crippen LogP contribution is -1.86. The van der Waals surface area contributed by atoms with Crippen LogP contribution in [0.5, 0.6) is 5.75 Å². The molecule has 3 rings (SSSR count). The molecule has 0 aliphatic carbocycles. The number of benzene rings is 1. The van der Waals surface area contributed by atoms with Gasteiger partial charge < -0.3 is 10.5 Å². The van der Waals surface area contributed by atoms with E-state index in [1.54, 1.807) is 0 Å². The van der Waals surface area contributed by atoms with Crippen LogP contribution >= 0.6 is 15.9 Å². The summed E-state index contributed by atoms with van der Waals surface area (Å²) in [6, 6.07) is 5.95. The zero-order chi connectivity index (χ0) is 11.1. The predicted molar refractivity (Wildman–Crippen MR) is 65.3 cm³/mol. The number of aromatic amines is 1.